The van der Waals surface area contributed by atoms with Gasteiger partial charge in [0.2, 0.25) is 5.91 Å². The summed E-state index contributed by atoms with van der Waals surface area (Å²) in [7, 11) is 6.17. The van der Waals surface area contributed by atoms with Crippen molar-refractivity contribution in [2.75, 3.05) is 61.2 Å². The van der Waals surface area contributed by atoms with Gasteiger partial charge in [-0.15, -0.1) is 0 Å². The van der Waals surface area contributed by atoms with Crippen LogP contribution in [0, 0.1) is 11.8 Å². The van der Waals surface area contributed by atoms with E-state index in [0.717, 1.165) is 59.0 Å². The molecule has 1 heterocycles. The molecule has 2 rings (SSSR count). The molecule has 0 atom stereocenters. The minimum Gasteiger partial charge on any atom is -0.343 e. The van der Waals surface area contributed by atoms with Gasteiger partial charge in [0.15, 0.2) is 0 Å². The van der Waals surface area contributed by atoms with Gasteiger partial charge in [-0.1, -0.05) is 0 Å². The quantitative estimate of drug-likeness (QED) is 0.681. The van der Waals surface area contributed by atoms with Gasteiger partial charge < -0.3 is 10.6 Å². The molecule has 1 amide bonds. The van der Waals surface area contributed by atoms with Crippen molar-refractivity contribution < 1.29 is 9.59 Å². The van der Waals surface area contributed by atoms with E-state index in [0.29, 0.717) is 6.67 Å². The molecule has 0 bridgehead atoms. The Kier molecular flexibility index (Phi) is 8.43. The van der Waals surface area contributed by atoms with Crippen LogP contribution in [-0.2, 0) is 9.59 Å². The smallest absolute Gasteiger partial charge is 0.224 e. The molecular weight excluding hydrogens is 332 g/mol. The van der Waals surface area contributed by atoms with Gasteiger partial charge in [0.1, 0.15) is 5.78 Å². The fourth-order valence-electron chi connectivity index (χ4n) is 4.06. The summed E-state index contributed by atoms with van der Waals surface area (Å²) >= 11 is 0. The Balaban J connectivity index is 1.77. The predicted octanol–water partition coefficient (Wildman–Crippen LogP) is -0.0564. The normalized spacial score (nSPS) is 27.7. The number of rotatable bonds is 6. The van der Waals surface area contributed by atoms with Gasteiger partial charge in [-0.25, -0.2) is 0 Å². The highest BCUT2D eigenvalue weighted by Gasteiger charge is 2.28. The Morgan fingerprint density at radius 1 is 0.846 bits per heavy atom. The summed E-state index contributed by atoms with van der Waals surface area (Å²) in [5.74, 6) is 0.622. The average molecular weight is 369 g/mol. The SMILES string of the molecule is CNCN1CN(C)CN(CNC(=O)C2CCC(C(C)=O)CC2)CN(C)C1. The van der Waals surface area contributed by atoms with Gasteiger partial charge >= 0.3 is 0 Å². The van der Waals surface area contributed by atoms with Crippen molar-refractivity contribution in [2.24, 2.45) is 11.8 Å². The van der Waals surface area contributed by atoms with Crippen LogP contribution in [0.5, 0.6) is 0 Å². The maximum Gasteiger partial charge on any atom is 0.224 e. The highest BCUT2D eigenvalue weighted by molar-refractivity contribution is 5.80. The molecule has 8 heteroatoms. The van der Waals surface area contributed by atoms with E-state index in [2.05, 4.69) is 44.3 Å². The maximum atomic E-state index is 12.5. The second-order valence-electron chi connectivity index (χ2n) is 7.99. The van der Waals surface area contributed by atoms with Crippen LogP contribution in [0.3, 0.4) is 0 Å². The van der Waals surface area contributed by atoms with Crippen molar-refractivity contribution >= 4 is 11.7 Å². The molecule has 0 radical (unpaired) electrons. The summed E-state index contributed by atoms with van der Waals surface area (Å²) in [5, 5.41) is 6.32. The number of hydrogen-bond donors (Lipinski definition) is 2. The molecule has 0 aromatic carbocycles. The standard InChI is InChI=1S/C18H36N6O2/c1-15(25)16-5-7-17(8-6-16)18(26)20-10-24-13-21(3)11-23(9-19-2)12-22(4)14-24/h16-17,19H,5-14H2,1-4H3,(H,20,26). The third kappa shape index (κ3) is 6.59. The second kappa shape index (κ2) is 10.3. The number of carbonyl (C=O) groups excluding carboxylic acids is 2. The largest absolute Gasteiger partial charge is 0.343 e. The Morgan fingerprint density at radius 3 is 1.77 bits per heavy atom. The summed E-state index contributed by atoms with van der Waals surface area (Å²) in [6.07, 6.45) is 3.36. The molecular formula is C18H36N6O2. The second-order valence-corrected chi connectivity index (χ2v) is 7.99. The van der Waals surface area contributed by atoms with Gasteiger partial charge in [0.05, 0.1) is 40.0 Å². The van der Waals surface area contributed by atoms with Crippen molar-refractivity contribution in [3.05, 3.63) is 0 Å². The number of nitrogens with zero attached hydrogens (tertiary/aromatic N) is 4. The first-order valence-corrected chi connectivity index (χ1v) is 9.63. The summed E-state index contributed by atoms with van der Waals surface area (Å²) in [4.78, 5) is 33.1. The zero-order valence-electron chi connectivity index (χ0n) is 16.8. The first-order valence-electron chi connectivity index (χ1n) is 9.63. The number of ketones is 1. The molecule has 8 nitrogen and oxygen atoms in total. The van der Waals surface area contributed by atoms with Crippen molar-refractivity contribution in [2.45, 2.75) is 32.6 Å². The lowest BCUT2D eigenvalue weighted by Crippen LogP contribution is -2.56. The predicted molar refractivity (Wildman–Crippen MR) is 102 cm³/mol. The third-order valence-corrected chi connectivity index (χ3v) is 5.30. The van der Waals surface area contributed by atoms with Gasteiger partial charge in [0.25, 0.3) is 0 Å². The Labute approximate surface area is 157 Å². The van der Waals surface area contributed by atoms with Crippen LogP contribution < -0.4 is 10.6 Å². The lowest BCUT2D eigenvalue weighted by Gasteiger charge is -2.39. The molecule has 0 aromatic rings. The first kappa shape index (κ1) is 21.2. The monoisotopic (exact) mass is 368 g/mol. The van der Waals surface area contributed by atoms with Crippen LogP contribution in [0.15, 0.2) is 0 Å². The minimum atomic E-state index is 0.0573. The van der Waals surface area contributed by atoms with E-state index >= 15 is 0 Å². The maximum absolute atomic E-state index is 12.5. The van der Waals surface area contributed by atoms with E-state index < -0.39 is 0 Å². The van der Waals surface area contributed by atoms with E-state index in [9.17, 15) is 9.59 Å². The summed E-state index contributed by atoms with van der Waals surface area (Å²) in [5.41, 5.74) is 0. The number of amides is 1. The van der Waals surface area contributed by atoms with E-state index in [-0.39, 0.29) is 23.5 Å². The average Bonchev–Trinajstić information content (AvgIpc) is 2.58. The molecule has 1 aliphatic heterocycles. The summed E-state index contributed by atoms with van der Waals surface area (Å²) in [6.45, 7) is 6.46. The Hall–Kier alpha value is -1.06. The fraction of sp³-hybridized carbons (Fsp3) is 0.889. The van der Waals surface area contributed by atoms with Crippen LogP contribution in [0.1, 0.15) is 32.6 Å². The van der Waals surface area contributed by atoms with Crippen LogP contribution in [0.4, 0.5) is 0 Å². The zero-order valence-corrected chi connectivity index (χ0v) is 16.8. The molecule has 0 aromatic heterocycles. The number of Topliss-reactive ketones (excluding diaryl/α,β-unsaturated/α-hetero) is 1. The molecule has 1 saturated heterocycles. The Bertz CT molecular complexity index is 453. The lowest BCUT2D eigenvalue weighted by atomic mass is 9.80. The van der Waals surface area contributed by atoms with E-state index in [1.165, 1.54) is 0 Å². The minimum absolute atomic E-state index is 0.0573. The van der Waals surface area contributed by atoms with E-state index in [4.69, 9.17) is 0 Å². The lowest BCUT2D eigenvalue weighted by molar-refractivity contribution is -0.129. The number of hydrogen-bond acceptors (Lipinski definition) is 7. The Morgan fingerprint density at radius 2 is 1.31 bits per heavy atom. The van der Waals surface area contributed by atoms with Crippen LogP contribution in [0.2, 0.25) is 0 Å². The molecule has 2 aliphatic rings. The van der Waals surface area contributed by atoms with Crippen molar-refractivity contribution in [1.82, 2.24) is 30.2 Å². The van der Waals surface area contributed by atoms with Gasteiger partial charge in [-0.3, -0.25) is 29.2 Å². The van der Waals surface area contributed by atoms with Crippen molar-refractivity contribution in [3.63, 3.8) is 0 Å². The summed E-state index contributed by atoms with van der Waals surface area (Å²) < 4.78 is 0. The van der Waals surface area contributed by atoms with Crippen molar-refractivity contribution in [3.8, 4) is 0 Å². The molecule has 2 N–H and O–H groups in total. The molecule has 26 heavy (non-hydrogen) atoms. The van der Waals surface area contributed by atoms with Crippen LogP contribution in [0.25, 0.3) is 0 Å². The van der Waals surface area contributed by atoms with Gasteiger partial charge in [0, 0.05) is 11.8 Å². The van der Waals surface area contributed by atoms with E-state index in [1.807, 2.05) is 7.05 Å². The molecule has 1 aliphatic carbocycles. The summed E-state index contributed by atoms with van der Waals surface area (Å²) in [6, 6.07) is 0. The zero-order chi connectivity index (χ0) is 19.1. The van der Waals surface area contributed by atoms with Gasteiger partial charge in [-0.05, 0) is 53.8 Å². The highest BCUT2D eigenvalue weighted by atomic mass is 16.2. The number of nitrogens with one attached hydrogen (secondary N) is 2. The molecule has 0 spiro atoms. The van der Waals surface area contributed by atoms with Crippen LogP contribution in [-0.4, -0.2) is 92.4 Å². The fourth-order valence-corrected chi connectivity index (χ4v) is 4.06. The van der Waals surface area contributed by atoms with Crippen LogP contribution >= 0.6 is 0 Å². The molecule has 2 fully saturated rings. The number of carbonyl (C=O) groups is 2. The molecule has 0 unspecified atom stereocenters. The topological polar surface area (TPSA) is 71.2 Å². The van der Waals surface area contributed by atoms with E-state index in [1.54, 1.807) is 6.92 Å². The van der Waals surface area contributed by atoms with Crippen molar-refractivity contribution in [1.29, 1.82) is 0 Å². The first-order chi connectivity index (χ1) is 12.4. The molecule has 150 valence electrons. The van der Waals surface area contributed by atoms with Gasteiger partial charge in [-0.2, -0.15) is 0 Å². The highest BCUT2D eigenvalue weighted by Crippen LogP contribution is 2.29. The third-order valence-electron chi connectivity index (χ3n) is 5.30. The molecule has 1 saturated carbocycles.